The van der Waals surface area contributed by atoms with Crippen LogP contribution in [-0.2, 0) is 175 Å². The Balaban J connectivity index is 0.821. The fraction of sp³-hybridized carbons (Fsp3) is 1.00. The van der Waals surface area contributed by atoms with Crippen LogP contribution in [-0.4, -0.2) is 262 Å². The predicted molar refractivity (Wildman–Crippen MR) is 240 cm³/mol. The molecule has 66 heteroatoms. The van der Waals surface area contributed by atoms with Crippen molar-refractivity contribution in [1.29, 1.82) is 0 Å². The van der Waals surface area contributed by atoms with Crippen molar-refractivity contribution in [3.63, 3.8) is 0 Å². The molecule has 42 nitrogen and oxygen atoms in total. The summed E-state index contributed by atoms with van der Waals surface area (Å²) in [7, 11) is -83.8. The van der Waals surface area contributed by atoms with Crippen LogP contribution in [0.25, 0.3) is 0 Å². The zero-order valence-electron chi connectivity index (χ0n) is 38.6. The number of hydrogen-bond donors (Lipinski definition) is 0. The van der Waals surface area contributed by atoms with Gasteiger partial charge >= 0.3 is 226 Å². The second kappa shape index (κ2) is 21.6. The first-order valence-electron chi connectivity index (χ1n) is 21.8. The molecule has 20 aliphatic heterocycles. The first kappa shape index (κ1) is 56.7. The zero-order valence-corrected chi connectivity index (χ0v) is 62.6. The van der Waals surface area contributed by atoms with Gasteiger partial charge in [0, 0.05) is 0 Å². The molecule has 24 bridgehead atoms. The summed E-state index contributed by atoms with van der Waals surface area (Å²) in [6.07, 6.45) is -7.20. The van der Waals surface area contributed by atoms with Crippen LogP contribution in [0.5, 0.6) is 0 Å². The maximum Gasteiger partial charge on any atom is 0.659 e. The van der Waals surface area contributed by atoms with E-state index in [0.29, 0.717) is 0 Å². The Morgan fingerprint density at radius 2 is 0.295 bits per heavy atom. The fourth-order valence-electron chi connectivity index (χ4n) is 6.97. The van der Waals surface area contributed by atoms with Gasteiger partial charge in [-0.1, -0.05) is 0 Å². The van der Waals surface area contributed by atoms with Gasteiger partial charge in [0.15, 0.2) is 0 Å². The lowest BCUT2D eigenvalue weighted by atomic mass is 10.3. The molecule has 18 radical (unpaired) electrons. The molecular weight excluding hydrogens is 1490 g/mol. The summed E-state index contributed by atoms with van der Waals surface area (Å²) in [6, 6.07) is 0. The SMILES string of the molecule is CC1O[Si]23O[Si]4O[Si]5O[Si]6O[Si](O4)O[Si](O2)O[Si](OC(C)C(C)O[Si]24O[Si]7O[Si]8O[Si]9O[Si](O7)O[Si](OC(C)C(C)O[Si]7%10O[Si]%11O[Si]%12O[Si]%13O[Si](O%11)O[Si](OC1C)(O[Si](O%13)O[Si](O%12)O7)O%10)(O[Si](O9)O[Si](O8)O2)O4)(O6)O[Si](O5)O3. The number of hydrogen-bond acceptors (Lipinski definition) is 42. The Bertz CT molecular complexity index is 2030. The topological polar surface area (TPSA) is 388 Å². The van der Waals surface area contributed by atoms with Gasteiger partial charge in [-0.05, 0) is 41.5 Å². The Morgan fingerprint density at radius 1 is 0.167 bits per heavy atom. The van der Waals surface area contributed by atoms with Crippen LogP contribution in [0.15, 0.2) is 0 Å². The molecule has 0 aromatic heterocycles. The normalized spacial score (nSPS) is 48.7. The molecule has 78 heavy (non-hydrogen) atoms. The molecule has 6 atom stereocenters. The smallest absolute Gasteiger partial charge is 0.369 e. The summed E-state index contributed by atoms with van der Waals surface area (Å²) in [5.41, 5.74) is 0. The molecule has 0 aromatic rings. The van der Waals surface area contributed by atoms with Crippen LogP contribution in [0, 0.1) is 0 Å². The number of fused-ring (bicyclic) bond motifs is 9. The Labute approximate surface area is 475 Å². The van der Waals surface area contributed by atoms with Gasteiger partial charge in [-0.15, -0.1) is 0 Å². The molecule has 20 heterocycles. The molecule has 6 unspecified atom stereocenters. The van der Waals surface area contributed by atoms with Crippen molar-refractivity contribution < 1.29 is 175 Å². The van der Waals surface area contributed by atoms with Crippen LogP contribution < -0.4 is 0 Å². The average Bonchev–Trinajstić information content (AvgIpc) is 3.43. The lowest BCUT2D eigenvalue weighted by molar-refractivity contribution is -0.110. The minimum atomic E-state index is -5.03. The summed E-state index contributed by atoms with van der Waals surface area (Å²) >= 11 is 0. The van der Waals surface area contributed by atoms with E-state index in [2.05, 4.69) is 0 Å². The number of rotatable bonds is 0. The van der Waals surface area contributed by atoms with E-state index < -0.39 is 262 Å². The molecule has 0 aromatic carbocycles. The molecule has 0 N–H and O–H groups in total. The van der Waals surface area contributed by atoms with E-state index in [1.807, 2.05) is 0 Å². The van der Waals surface area contributed by atoms with Crippen molar-refractivity contribution in [2.45, 2.75) is 78.2 Å². The molecule has 0 aliphatic carbocycles. The van der Waals surface area contributed by atoms with Gasteiger partial charge in [-0.2, -0.15) is 0 Å². The Morgan fingerprint density at radius 3 is 0.500 bits per heavy atom. The summed E-state index contributed by atoms with van der Waals surface area (Å²) < 4.78 is 269. The molecule has 20 fully saturated rings. The third-order valence-corrected chi connectivity index (χ3v) is 68.7. The van der Waals surface area contributed by atoms with E-state index in [1.165, 1.54) is 0 Å². The maximum absolute atomic E-state index is 6.86. The maximum atomic E-state index is 6.86. The summed E-state index contributed by atoms with van der Waals surface area (Å²) in [5, 5.41) is 0. The molecule has 20 saturated heterocycles. The fourth-order valence-corrected chi connectivity index (χ4v) is 78.1. The van der Waals surface area contributed by atoms with Gasteiger partial charge in [0.1, 0.15) is 0 Å². The van der Waals surface area contributed by atoms with Crippen molar-refractivity contribution in [2.75, 3.05) is 0 Å². The van der Waals surface area contributed by atoms with E-state index in [9.17, 15) is 0 Å². The van der Waals surface area contributed by atoms with Gasteiger partial charge in [0.2, 0.25) is 0 Å². The summed E-state index contributed by atoms with van der Waals surface area (Å²) in [6.45, 7) is 9.43. The van der Waals surface area contributed by atoms with Gasteiger partial charge in [-0.25, -0.2) is 0 Å². The van der Waals surface area contributed by atoms with Crippen molar-refractivity contribution in [3.05, 3.63) is 0 Å². The molecule has 20 rings (SSSR count). The quantitative estimate of drug-likeness (QED) is 0.203. The van der Waals surface area contributed by atoms with E-state index in [-0.39, 0.29) is 0 Å². The average molecular weight is 1510 g/mol. The van der Waals surface area contributed by atoms with Crippen LogP contribution in [0.3, 0.4) is 0 Å². The van der Waals surface area contributed by atoms with Crippen molar-refractivity contribution in [1.82, 2.24) is 0 Å². The van der Waals surface area contributed by atoms with Crippen molar-refractivity contribution in [3.8, 4) is 0 Å². The monoisotopic (exact) mass is 1510 g/mol. The van der Waals surface area contributed by atoms with E-state index in [0.717, 1.165) is 0 Å². The van der Waals surface area contributed by atoms with Gasteiger partial charge in [-0.3, -0.25) is 0 Å². The third-order valence-electron chi connectivity index (χ3n) is 10.7. The predicted octanol–water partition coefficient (Wildman–Crippen LogP) is -9.43. The molecule has 6 spiro atoms. The van der Waals surface area contributed by atoms with E-state index in [1.54, 1.807) is 41.5 Å². The van der Waals surface area contributed by atoms with E-state index in [4.69, 9.17) is 175 Å². The molecule has 0 saturated carbocycles. The van der Waals surface area contributed by atoms with Gasteiger partial charge < -0.3 is 175 Å². The lowest BCUT2D eigenvalue weighted by Crippen LogP contribution is -2.78. The first-order chi connectivity index (χ1) is 37.4. The van der Waals surface area contributed by atoms with E-state index >= 15 is 0 Å². The van der Waals surface area contributed by atoms with Gasteiger partial charge in [0.05, 0.1) is 36.6 Å². The lowest BCUT2D eigenvalue weighted by Gasteiger charge is -2.49. The van der Waals surface area contributed by atoms with Crippen LogP contribution in [0.1, 0.15) is 41.5 Å². The van der Waals surface area contributed by atoms with Crippen LogP contribution >= 0.6 is 0 Å². The largest absolute Gasteiger partial charge is 0.659 e. The van der Waals surface area contributed by atoms with Crippen molar-refractivity contribution in [2.24, 2.45) is 0 Å². The zero-order chi connectivity index (χ0) is 52.6. The van der Waals surface area contributed by atoms with Crippen LogP contribution in [0.2, 0.25) is 0 Å². The van der Waals surface area contributed by atoms with Crippen LogP contribution in [0.4, 0.5) is 0 Å². The molecule has 0 amide bonds. The highest BCUT2D eigenvalue weighted by Crippen LogP contribution is 2.42. The minimum absolute atomic E-state index is 1.17. The highest BCUT2D eigenvalue weighted by molar-refractivity contribution is 6.90. The highest BCUT2D eigenvalue weighted by Gasteiger charge is 2.78. The van der Waals surface area contributed by atoms with Crippen molar-refractivity contribution >= 4 is 226 Å². The standard InChI is InChI=1S/C12H24O42Si24/c1-7-9(3)15-75-41-63-21-55-19-57-25-67(35-63)45-77(53-75,46-68(26-57)36-64(22-55)42-75)17-11(5)12(6)18-78-47-69-27-58-20-56-23-65(37-69)43-76(54-78,44-66(24-56)38-70(28-58)48-78)16-10(4)8(2)14-74-40-62-31-59-29-61-30-60(32-62)34-72(52-74)50-73(13-7,39-61)49-71(33-59)51-74/h7-12H,1-6H3. The molecular formula is C12H24O42Si24. The second-order valence-corrected chi connectivity index (χ2v) is 61.9. The second-order valence-electron chi connectivity index (χ2n) is 16.1. The molecule has 20 aliphatic rings. The Kier molecular flexibility index (Phi) is 15.7. The third kappa shape index (κ3) is 11.4. The Hall–Kier alpha value is 3.53. The first-order valence-corrected chi connectivity index (χ1v) is 53.6. The summed E-state index contributed by atoms with van der Waals surface area (Å²) in [5.74, 6) is 0. The summed E-state index contributed by atoms with van der Waals surface area (Å²) in [4.78, 5) is 0. The highest BCUT2D eigenvalue weighted by atomic mass is 28.6. The minimum Gasteiger partial charge on any atom is -0.369 e. The molecule has 420 valence electrons. The van der Waals surface area contributed by atoms with Gasteiger partial charge in [0.25, 0.3) is 0 Å².